The monoisotopic (exact) mass is 563 g/mol. The summed E-state index contributed by atoms with van der Waals surface area (Å²) in [6, 6.07) is 16.2. The molecule has 1 amide bonds. The fraction of sp³-hybridized carbons (Fsp3) is 0.207. The highest BCUT2D eigenvalue weighted by Crippen LogP contribution is 2.39. The minimum atomic E-state index is -0.560. The standard InChI is InChI=1S/C29H27Cl2N5O3/c1-16-8-10-23(17(2)12-16)35-28(37)26-18(3)34-29-32-15-33-36(29)27(26)19-9-11-24(25(13-19)38-4)39-14-20-21(30)6-5-7-22(20)31/h5-13,15,27H,14H2,1-4H3,(H,35,37)(H,32,33,34). The van der Waals surface area contributed by atoms with Crippen molar-refractivity contribution >= 4 is 40.7 Å². The van der Waals surface area contributed by atoms with Crippen LogP contribution >= 0.6 is 23.2 Å². The number of amides is 1. The van der Waals surface area contributed by atoms with Crippen LogP contribution in [0.5, 0.6) is 11.5 Å². The van der Waals surface area contributed by atoms with Gasteiger partial charge in [-0.3, -0.25) is 4.79 Å². The molecule has 1 atom stereocenters. The Morgan fingerprint density at radius 3 is 2.54 bits per heavy atom. The van der Waals surface area contributed by atoms with Crippen molar-refractivity contribution < 1.29 is 14.3 Å². The van der Waals surface area contributed by atoms with Crippen molar-refractivity contribution in [1.29, 1.82) is 0 Å². The van der Waals surface area contributed by atoms with Crippen LogP contribution in [-0.4, -0.2) is 27.8 Å². The Bertz CT molecular complexity index is 1580. The van der Waals surface area contributed by atoms with Gasteiger partial charge in [0.15, 0.2) is 11.5 Å². The normalized spacial score (nSPS) is 14.5. The Morgan fingerprint density at radius 2 is 1.82 bits per heavy atom. The Balaban J connectivity index is 1.49. The smallest absolute Gasteiger partial charge is 0.255 e. The highest BCUT2D eigenvalue weighted by atomic mass is 35.5. The third-order valence-corrected chi connectivity index (χ3v) is 7.31. The summed E-state index contributed by atoms with van der Waals surface area (Å²) in [6.45, 7) is 6.00. The van der Waals surface area contributed by atoms with E-state index in [9.17, 15) is 4.79 Å². The number of hydrogen-bond acceptors (Lipinski definition) is 6. The van der Waals surface area contributed by atoms with Gasteiger partial charge in [-0.05, 0) is 62.2 Å². The van der Waals surface area contributed by atoms with E-state index in [0.29, 0.717) is 44.3 Å². The first-order valence-corrected chi connectivity index (χ1v) is 13.0. The first kappa shape index (κ1) is 26.6. The number of allylic oxidation sites excluding steroid dienone is 1. The molecule has 1 aliphatic heterocycles. The van der Waals surface area contributed by atoms with E-state index in [4.69, 9.17) is 32.7 Å². The first-order chi connectivity index (χ1) is 18.8. The van der Waals surface area contributed by atoms with E-state index >= 15 is 0 Å². The second kappa shape index (κ2) is 11.0. The molecule has 0 saturated heterocycles. The minimum absolute atomic E-state index is 0.164. The number of aromatic nitrogens is 3. The highest BCUT2D eigenvalue weighted by molar-refractivity contribution is 6.35. The van der Waals surface area contributed by atoms with E-state index in [0.717, 1.165) is 22.4 Å². The van der Waals surface area contributed by atoms with Crippen molar-refractivity contribution in [1.82, 2.24) is 14.8 Å². The minimum Gasteiger partial charge on any atom is -0.493 e. The Labute approximate surface area is 236 Å². The number of anilines is 2. The predicted molar refractivity (Wildman–Crippen MR) is 153 cm³/mol. The van der Waals surface area contributed by atoms with Crippen LogP contribution < -0.4 is 20.1 Å². The maximum absolute atomic E-state index is 13.7. The molecule has 2 heterocycles. The van der Waals surface area contributed by atoms with Gasteiger partial charge < -0.3 is 20.1 Å². The van der Waals surface area contributed by atoms with Crippen molar-refractivity contribution in [3.05, 3.63) is 104 Å². The van der Waals surface area contributed by atoms with Crippen LogP contribution in [0.2, 0.25) is 10.0 Å². The maximum Gasteiger partial charge on any atom is 0.255 e. The number of methoxy groups -OCH3 is 1. The lowest BCUT2D eigenvalue weighted by Gasteiger charge is -2.29. The lowest BCUT2D eigenvalue weighted by atomic mass is 9.94. The zero-order chi connectivity index (χ0) is 27.7. The number of halogens is 2. The molecule has 39 heavy (non-hydrogen) atoms. The quantitative estimate of drug-likeness (QED) is 0.259. The van der Waals surface area contributed by atoms with Gasteiger partial charge in [0.05, 0.1) is 12.7 Å². The third kappa shape index (κ3) is 5.30. The second-order valence-corrected chi connectivity index (χ2v) is 10.1. The molecule has 0 radical (unpaired) electrons. The van der Waals surface area contributed by atoms with Crippen molar-refractivity contribution in [2.45, 2.75) is 33.4 Å². The van der Waals surface area contributed by atoms with E-state index < -0.39 is 6.04 Å². The van der Waals surface area contributed by atoms with E-state index in [-0.39, 0.29) is 12.5 Å². The van der Waals surface area contributed by atoms with Crippen LogP contribution in [0.4, 0.5) is 11.6 Å². The number of carbonyl (C=O) groups is 1. The highest BCUT2D eigenvalue weighted by Gasteiger charge is 2.34. The molecule has 200 valence electrons. The van der Waals surface area contributed by atoms with Crippen molar-refractivity contribution in [2.75, 3.05) is 17.7 Å². The number of ether oxygens (including phenoxy) is 2. The summed E-state index contributed by atoms with van der Waals surface area (Å²) >= 11 is 12.6. The fourth-order valence-electron chi connectivity index (χ4n) is 4.63. The molecule has 0 fully saturated rings. The molecule has 5 rings (SSSR count). The molecule has 0 spiro atoms. The molecule has 1 unspecified atom stereocenters. The molecular weight excluding hydrogens is 537 g/mol. The van der Waals surface area contributed by atoms with Crippen LogP contribution in [-0.2, 0) is 11.4 Å². The fourth-order valence-corrected chi connectivity index (χ4v) is 5.14. The summed E-state index contributed by atoms with van der Waals surface area (Å²) in [5.41, 5.74) is 5.48. The predicted octanol–water partition coefficient (Wildman–Crippen LogP) is 6.72. The van der Waals surface area contributed by atoms with Crippen LogP contribution in [0, 0.1) is 13.8 Å². The van der Waals surface area contributed by atoms with Gasteiger partial charge in [-0.1, -0.05) is 53.0 Å². The number of rotatable bonds is 7. The van der Waals surface area contributed by atoms with Gasteiger partial charge in [-0.2, -0.15) is 10.1 Å². The van der Waals surface area contributed by atoms with Crippen molar-refractivity contribution in [2.24, 2.45) is 0 Å². The molecule has 0 bridgehead atoms. The lowest BCUT2D eigenvalue weighted by molar-refractivity contribution is -0.113. The van der Waals surface area contributed by atoms with Gasteiger partial charge in [0, 0.05) is 27.0 Å². The van der Waals surface area contributed by atoms with E-state index in [1.54, 1.807) is 36.1 Å². The number of aryl methyl sites for hydroxylation is 2. The van der Waals surface area contributed by atoms with Crippen LogP contribution in [0.1, 0.15) is 35.2 Å². The van der Waals surface area contributed by atoms with Gasteiger partial charge in [-0.15, -0.1) is 0 Å². The average molecular weight is 564 g/mol. The zero-order valence-corrected chi connectivity index (χ0v) is 23.4. The van der Waals surface area contributed by atoms with Crippen molar-refractivity contribution in [3.8, 4) is 11.5 Å². The average Bonchev–Trinajstić information content (AvgIpc) is 3.37. The van der Waals surface area contributed by atoms with Gasteiger partial charge in [-0.25, -0.2) is 4.68 Å². The van der Waals surface area contributed by atoms with Gasteiger partial charge in [0.25, 0.3) is 5.91 Å². The summed E-state index contributed by atoms with van der Waals surface area (Å²) < 4.78 is 13.4. The molecule has 1 aliphatic rings. The Hall–Kier alpha value is -4.01. The number of hydrogen-bond donors (Lipinski definition) is 2. The lowest BCUT2D eigenvalue weighted by Crippen LogP contribution is -2.31. The number of nitrogens with zero attached hydrogens (tertiary/aromatic N) is 3. The second-order valence-electron chi connectivity index (χ2n) is 9.27. The number of carbonyl (C=O) groups excluding carboxylic acids is 1. The molecule has 4 aromatic rings. The summed E-state index contributed by atoms with van der Waals surface area (Å²) in [4.78, 5) is 18.0. The van der Waals surface area contributed by atoms with Gasteiger partial charge in [0.2, 0.25) is 5.95 Å². The Kier molecular flexibility index (Phi) is 7.50. The van der Waals surface area contributed by atoms with Crippen molar-refractivity contribution in [3.63, 3.8) is 0 Å². The molecule has 1 aromatic heterocycles. The maximum atomic E-state index is 13.7. The molecule has 10 heteroatoms. The third-order valence-electron chi connectivity index (χ3n) is 6.61. The summed E-state index contributed by atoms with van der Waals surface area (Å²) in [5, 5.41) is 11.7. The van der Waals surface area contributed by atoms with Crippen LogP contribution in [0.15, 0.2) is 72.2 Å². The van der Waals surface area contributed by atoms with E-state index in [1.165, 1.54) is 6.33 Å². The van der Waals surface area contributed by atoms with E-state index in [2.05, 4.69) is 20.7 Å². The summed E-state index contributed by atoms with van der Waals surface area (Å²) in [7, 11) is 1.56. The largest absolute Gasteiger partial charge is 0.493 e. The Morgan fingerprint density at radius 1 is 1.05 bits per heavy atom. The molecule has 2 N–H and O–H groups in total. The van der Waals surface area contributed by atoms with Crippen LogP contribution in [0.25, 0.3) is 0 Å². The zero-order valence-electron chi connectivity index (χ0n) is 21.9. The molecule has 0 saturated carbocycles. The number of nitrogens with one attached hydrogen (secondary N) is 2. The topological polar surface area (TPSA) is 90.3 Å². The van der Waals surface area contributed by atoms with Gasteiger partial charge >= 0.3 is 0 Å². The molecule has 8 nitrogen and oxygen atoms in total. The van der Waals surface area contributed by atoms with Crippen LogP contribution in [0.3, 0.4) is 0 Å². The SMILES string of the molecule is COc1cc(C2C(C(=O)Nc3ccc(C)cc3C)=C(C)Nc3ncnn32)ccc1OCc1c(Cl)cccc1Cl. The molecular formula is C29H27Cl2N5O3. The van der Waals surface area contributed by atoms with Gasteiger partial charge in [0.1, 0.15) is 19.0 Å². The molecule has 3 aromatic carbocycles. The number of benzene rings is 3. The first-order valence-electron chi connectivity index (χ1n) is 12.3. The summed E-state index contributed by atoms with van der Waals surface area (Å²) in [6.07, 6.45) is 1.45. The van der Waals surface area contributed by atoms with E-state index in [1.807, 2.05) is 51.1 Å². The number of fused-ring (bicyclic) bond motifs is 1. The molecule has 0 aliphatic carbocycles. The summed E-state index contributed by atoms with van der Waals surface area (Å²) in [5.74, 6) is 1.29.